The molecule has 9 heteroatoms. The fourth-order valence-electron chi connectivity index (χ4n) is 3.03. The van der Waals surface area contributed by atoms with Gasteiger partial charge in [-0.2, -0.15) is 0 Å². The van der Waals surface area contributed by atoms with Gasteiger partial charge in [-0.3, -0.25) is 9.59 Å². The number of nitrogens with zero attached hydrogens (tertiary/aromatic N) is 4. The van der Waals surface area contributed by atoms with Gasteiger partial charge in [-0.05, 0) is 18.2 Å². The number of thiazole rings is 1. The number of imidazole rings is 1. The van der Waals surface area contributed by atoms with Crippen LogP contribution in [0, 0.1) is 0 Å². The summed E-state index contributed by atoms with van der Waals surface area (Å²) >= 11 is 1.39. The Kier molecular flexibility index (Phi) is 4.39. The van der Waals surface area contributed by atoms with Crippen molar-refractivity contribution in [3.8, 4) is 0 Å². The number of aromatic amines is 1. The monoisotopic (exact) mass is 370 g/mol. The molecule has 0 atom stereocenters. The van der Waals surface area contributed by atoms with Crippen LogP contribution < -0.4 is 5.73 Å². The number of aromatic nitrogens is 3. The molecule has 0 unspecified atom stereocenters. The molecule has 2 aromatic heterocycles. The molecule has 3 N–H and O–H groups in total. The topological polar surface area (TPSA) is 108 Å². The van der Waals surface area contributed by atoms with Crippen molar-refractivity contribution in [3.63, 3.8) is 0 Å². The van der Waals surface area contributed by atoms with Gasteiger partial charge in [0.1, 0.15) is 10.7 Å². The van der Waals surface area contributed by atoms with E-state index in [2.05, 4.69) is 15.0 Å². The molecule has 134 valence electrons. The Morgan fingerprint density at radius 2 is 1.88 bits per heavy atom. The molecule has 0 saturated carbocycles. The van der Waals surface area contributed by atoms with Gasteiger partial charge in [0.05, 0.1) is 17.4 Å². The lowest BCUT2D eigenvalue weighted by Crippen LogP contribution is -2.50. The first-order valence-electron chi connectivity index (χ1n) is 8.32. The summed E-state index contributed by atoms with van der Waals surface area (Å²) < 4.78 is 0. The van der Waals surface area contributed by atoms with Gasteiger partial charge in [0, 0.05) is 43.7 Å². The second-order valence-electron chi connectivity index (χ2n) is 6.05. The third-order valence-electron chi connectivity index (χ3n) is 4.47. The Labute approximate surface area is 153 Å². The van der Waals surface area contributed by atoms with E-state index in [4.69, 9.17) is 5.73 Å². The third kappa shape index (κ3) is 3.06. The van der Waals surface area contributed by atoms with Crippen molar-refractivity contribution >= 4 is 34.2 Å². The summed E-state index contributed by atoms with van der Waals surface area (Å²) in [5.41, 5.74) is 8.27. The summed E-state index contributed by atoms with van der Waals surface area (Å²) in [4.78, 5) is 40.1. The van der Waals surface area contributed by atoms with Gasteiger partial charge >= 0.3 is 0 Å². The van der Waals surface area contributed by atoms with Crippen LogP contribution in [0.3, 0.4) is 0 Å². The number of nitrogens with two attached hydrogens (primary N) is 1. The SMILES string of the molecule is NCc1nc(C(=O)N2CCN(C(=O)c3ccc4nc[nH]c4c3)CC2)cs1. The quantitative estimate of drug-likeness (QED) is 0.717. The lowest BCUT2D eigenvalue weighted by atomic mass is 10.1. The van der Waals surface area contributed by atoms with Gasteiger partial charge in [0.15, 0.2) is 0 Å². The first kappa shape index (κ1) is 16.7. The standard InChI is InChI=1S/C17H18N6O2S/c18-8-15-21-14(9-26-15)17(25)23-5-3-22(4-6-23)16(24)11-1-2-12-13(7-11)20-10-19-12/h1-2,7,9-10H,3-6,8,18H2,(H,19,20). The minimum Gasteiger partial charge on any atom is -0.345 e. The minimum atomic E-state index is -0.105. The van der Waals surface area contributed by atoms with E-state index in [1.807, 2.05) is 12.1 Å². The zero-order valence-corrected chi connectivity index (χ0v) is 14.8. The normalized spacial score (nSPS) is 14.8. The summed E-state index contributed by atoms with van der Waals surface area (Å²) in [6, 6.07) is 5.43. The van der Waals surface area contributed by atoms with E-state index in [9.17, 15) is 9.59 Å². The predicted octanol–water partition coefficient (Wildman–Crippen LogP) is 1.08. The van der Waals surface area contributed by atoms with E-state index in [-0.39, 0.29) is 11.8 Å². The van der Waals surface area contributed by atoms with Crippen LogP contribution in [0.2, 0.25) is 0 Å². The highest BCUT2D eigenvalue weighted by Gasteiger charge is 2.26. The second-order valence-corrected chi connectivity index (χ2v) is 6.99. The zero-order valence-electron chi connectivity index (χ0n) is 14.0. The molecule has 0 spiro atoms. The van der Waals surface area contributed by atoms with E-state index in [0.717, 1.165) is 16.0 Å². The highest BCUT2D eigenvalue weighted by molar-refractivity contribution is 7.09. The Morgan fingerprint density at radius 1 is 1.15 bits per heavy atom. The fourth-order valence-corrected chi connectivity index (χ4v) is 3.68. The van der Waals surface area contributed by atoms with Crippen molar-refractivity contribution in [3.05, 3.63) is 46.2 Å². The van der Waals surface area contributed by atoms with Gasteiger partial charge < -0.3 is 20.5 Å². The molecule has 1 fully saturated rings. The number of hydrogen-bond acceptors (Lipinski definition) is 6. The molecule has 26 heavy (non-hydrogen) atoms. The van der Waals surface area contributed by atoms with Crippen LogP contribution in [-0.4, -0.2) is 62.7 Å². The highest BCUT2D eigenvalue weighted by Crippen LogP contribution is 2.16. The Bertz CT molecular complexity index is 957. The van der Waals surface area contributed by atoms with Crippen LogP contribution in [-0.2, 0) is 6.54 Å². The number of rotatable bonds is 3. The number of piperazine rings is 1. The Balaban J connectivity index is 1.41. The van der Waals surface area contributed by atoms with Crippen molar-refractivity contribution in [1.29, 1.82) is 0 Å². The average Bonchev–Trinajstić information content (AvgIpc) is 3.35. The average molecular weight is 370 g/mol. The maximum atomic E-state index is 12.7. The molecule has 1 aromatic carbocycles. The molecule has 1 saturated heterocycles. The van der Waals surface area contributed by atoms with Crippen LogP contribution in [0.4, 0.5) is 0 Å². The number of hydrogen-bond donors (Lipinski definition) is 2. The molecule has 1 aliphatic rings. The molecule has 2 amide bonds. The zero-order chi connectivity index (χ0) is 18.1. The maximum Gasteiger partial charge on any atom is 0.273 e. The van der Waals surface area contributed by atoms with Crippen molar-refractivity contribution < 1.29 is 9.59 Å². The molecule has 3 aromatic rings. The smallest absolute Gasteiger partial charge is 0.273 e. The summed E-state index contributed by atoms with van der Waals surface area (Å²) in [5.74, 6) is -0.139. The van der Waals surface area contributed by atoms with Crippen LogP contribution in [0.25, 0.3) is 11.0 Å². The van der Waals surface area contributed by atoms with Crippen molar-refractivity contribution in [2.24, 2.45) is 5.73 Å². The molecule has 4 rings (SSSR count). The van der Waals surface area contributed by atoms with Crippen molar-refractivity contribution in [2.45, 2.75) is 6.54 Å². The fraction of sp³-hybridized carbons (Fsp3) is 0.294. The number of amides is 2. The minimum absolute atomic E-state index is 0.0346. The van der Waals surface area contributed by atoms with E-state index in [0.29, 0.717) is 44.0 Å². The Morgan fingerprint density at radius 3 is 2.58 bits per heavy atom. The Hall–Kier alpha value is -2.78. The van der Waals surface area contributed by atoms with E-state index < -0.39 is 0 Å². The van der Waals surface area contributed by atoms with Gasteiger partial charge in [0.2, 0.25) is 0 Å². The maximum absolute atomic E-state index is 12.7. The molecular weight excluding hydrogens is 352 g/mol. The van der Waals surface area contributed by atoms with Crippen molar-refractivity contribution in [1.82, 2.24) is 24.8 Å². The van der Waals surface area contributed by atoms with Crippen LogP contribution >= 0.6 is 11.3 Å². The van der Waals surface area contributed by atoms with Gasteiger partial charge in [-0.25, -0.2) is 9.97 Å². The van der Waals surface area contributed by atoms with E-state index in [1.54, 1.807) is 27.6 Å². The summed E-state index contributed by atoms with van der Waals surface area (Å²) in [6.45, 7) is 2.32. The van der Waals surface area contributed by atoms with E-state index >= 15 is 0 Å². The molecule has 0 radical (unpaired) electrons. The largest absolute Gasteiger partial charge is 0.345 e. The molecule has 0 bridgehead atoms. The number of H-pyrrole nitrogens is 1. The third-order valence-corrected chi connectivity index (χ3v) is 5.34. The lowest BCUT2D eigenvalue weighted by molar-refractivity contribution is 0.0533. The number of fused-ring (bicyclic) bond motifs is 1. The second kappa shape index (κ2) is 6.85. The highest BCUT2D eigenvalue weighted by atomic mass is 32.1. The first-order valence-corrected chi connectivity index (χ1v) is 9.20. The molecule has 8 nitrogen and oxygen atoms in total. The summed E-state index contributed by atoms with van der Waals surface area (Å²) in [6.07, 6.45) is 1.61. The van der Waals surface area contributed by atoms with Crippen LogP contribution in [0.5, 0.6) is 0 Å². The summed E-state index contributed by atoms with van der Waals surface area (Å²) in [5, 5.41) is 2.48. The lowest BCUT2D eigenvalue weighted by Gasteiger charge is -2.34. The van der Waals surface area contributed by atoms with Gasteiger partial charge in [-0.15, -0.1) is 11.3 Å². The molecule has 3 heterocycles. The van der Waals surface area contributed by atoms with E-state index in [1.165, 1.54) is 11.3 Å². The number of benzene rings is 1. The number of carbonyl (C=O) groups is 2. The summed E-state index contributed by atoms with van der Waals surface area (Å²) in [7, 11) is 0. The van der Waals surface area contributed by atoms with Gasteiger partial charge in [0.25, 0.3) is 11.8 Å². The molecule has 0 aliphatic carbocycles. The molecular formula is C17H18N6O2S. The van der Waals surface area contributed by atoms with Gasteiger partial charge in [-0.1, -0.05) is 0 Å². The van der Waals surface area contributed by atoms with Crippen LogP contribution in [0.15, 0.2) is 29.9 Å². The first-order chi connectivity index (χ1) is 12.7. The molecule has 1 aliphatic heterocycles. The number of carbonyl (C=O) groups excluding carboxylic acids is 2. The van der Waals surface area contributed by atoms with Crippen LogP contribution in [0.1, 0.15) is 25.9 Å². The predicted molar refractivity (Wildman–Crippen MR) is 97.9 cm³/mol. The van der Waals surface area contributed by atoms with Crippen molar-refractivity contribution in [2.75, 3.05) is 26.2 Å². The number of nitrogens with one attached hydrogen (secondary N) is 1.